The predicted octanol–water partition coefficient (Wildman–Crippen LogP) is 2.68. The van der Waals surface area contributed by atoms with Crippen LogP contribution < -0.4 is 0 Å². The molecule has 0 aromatic heterocycles. The van der Waals surface area contributed by atoms with Crippen molar-refractivity contribution in [2.45, 2.75) is 52.0 Å². The normalized spacial score (nSPS) is 12.5. The van der Waals surface area contributed by atoms with Crippen molar-refractivity contribution in [2.24, 2.45) is 5.18 Å². The van der Waals surface area contributed by atoms with Crippen molar-refractivity contribution >= 4 is 5.78 Å². The highest BCUT2D eigenvalue weighted by molar-refractivity contribution is 5.76. The number of hydrogen-bond acceptors (Lipinski definition) is 3. The maximum Gasteiger partial charge on any atom is 0.132 e. The summed E-state index contributed by atoms with van der Waals surface area (Å²) < 4.78 is 0. The van der Waals surface area contributed by atoms with E-state index in [9.17, 15) is 9.70 Å². The summed E-state index contributed by atoms with van der Waals surface area (Å²) in [4.78, 5) is 20.9. The van der Waals surface area contributed by atoms with Gasteiger partial charge >= 0.3 is 0 Å². The Bertz CT molecular complexity index is 145. The molecule has 0 heterocycles. The molecule has 1 atom stereocenters. The number of rotatable bonds is 7. The van der Waals surface area contributed by atoms with Crippen LogP contribution in [-0.2, 0) is 4.79 Å². The minimum atomic E-state index is -0.283. The van der Waals surface area contributed by atoms with Gasteiger partial charge in [-0.15, -0.1) is 0 Å². The fraction of sp³-hybridized carbons (Fsp3) is 0.889. The lowest BCUT2D eigenvalue weighted by Crippen LogP contribution is -2.08. The van der Waals surface area contributed by atoms with Gasteiger partial charge in [0, 0.05) is 6.42 Å². The zero-order valence-corrected chi connectivity index (χ0v) is 7.88. The Morgan fingerprint density at radius 2 is 2.08 bits per heavy atom. The molecule has 0 aliphatic heterocycles. The molecular weight excluding hydrogens is 154 g/mol. The third-order valence-corrected chi connectivity index (χ3v) is 1.81. The Morgan fingerprint density at radius 3 is 2.50 bits per heavy atom. The van der Waals surface area contributed by atoms with Crippen LogP contribution in [0.15, 0.2) is 5.18 Å². The Kier molecular flexibility index (Phi) is 6.53. The molecule has 0 aliphatic carbocycles. The zero-order chi connectivity index (χ0) is 9.40. The van der Waals surface area contributed by atoms with E-state index in [1.807, 2.05) is 0 Å². The first kappa shape index (κ1) is 11.3. The Hall–Kier alpha value is -0.730. The van der Waals surface area contributed by atoms with Gasteiger partial charge in [0.1, 0.15) is 5.78 Å². The summed E-state index contributed by atoms with van der Waals surface area (Å²) in [5, 5.41) is 2.93. The Labute approximate surface area is 73.5 Å². The van der Waals surface area contributed by atoms with Gasteiger partial charge in [0.2, 0.25) is 0 Å². The van der Waals surface area contributed by atoms with Crippen LogP contribution in [-0.4, -0.2) is 11.8 Å². The molecule has 12 heavy (non-hydrogen) atoms. The second-order valence-electron chi connectivity index (χ2n) is 3.16. The summed E-state index contributed by atoms with van der Waals surface area (Å²) in [6.45, 7) is 3.60. The lowest BCUT2D eigenvalue weighted by molar-refractivity contribution is -0.117. The van der Waals surface area contributed by atoms with Gasteiger partial charge in [-0.3, -0.25) is 4.79 Å². The lowest BCUT2D eigenvalue weighted by Gasteiger charge is -2.04. The molecule has 0 aromatic rings. The van der Waals surface area contributed by atoms with Crippen molar-refractivity contribution in [1.82, 2.24) is 0 Å². The molecule has 0 spiro atoms. The molecule has 0 aliphatic rings. The van der Waals surface area contributed by atoms with Crippen LogP contribution in [0.4, 0.5) is 0 Å². The number of nitrogens with zero attached hydrogens (tertiary/aromatic N) is 1. The SMILES string of the molecule is CCCCCC(CC(C)=O)N=O. The molecule has 3 nitrogen and oxygen atoms in total. The minimum absolute atomic E-state index is 0.0519. The van der Waals surface area contributed by atoms with E-state index in [1.165, 1.54) is 6.92 Å². The van der Waals surface area contributed by atoms with Crippen molar-refractivity contribution < 1.29 is 4.79 Å². The van der Waals surface area contributed by atoms with Crippen molar-refractivity contribution in [2.75, 3.05) is 0 Å². The first-order chi connectivity index (χ1) is 5.70. The number of nitroso groups, excluding NO2 is 1. The van der Waals surface area contributed by atoms with E-state index < -0.39 is 0 Å². The van der Waals surface area contributed by atoms with Gasteiger partial charge < -0.3 is 0 Å². The van der Waals surface area contributed by atoms with Gasteiger partial charge in [-0.2, -0.15) is 4.91 Å². The first-order valence-electron chi connectivity index (χ1n) is 4.52. The summed E-state index contributed by atoms with van der Waals surface area (Å²) in [6.07, 6.45) is 4.32. The minimum Gasteiger partial charge on any atom is -0.300 e. The summed E-state index contributed by atoms with van der Waals surface area (Å²) in [5.74, 6) is 0.0519. The fourth-order valence-corrected chi connectivity index (χ4v) is 1.15. The molecular formula is C9H17NO2. The average molecular weight is 171 g/mol. The highest BCUT2D eigenvalue weighted by atomic mass is 16.3. The van der Waals surface area contributed by atoms with E-state index >= 15 is 0 Å². The smallest absolute Gasteiger partial charge is 0.132 e. The first-order valence-corrected chi connectivity index (χ1v) is 4.52. The van der Waals surface area contributed by atoms with Crippen LogP contribution in [0.1, 0.15) is 46.0 Å². The van der Waals surface area contributed by atoms with Gasteiger partial charge in [0.25, 0.3) is 0 Å². The summed E-state index contributed by atoms with van der Waals surface area (Å²) in [6, 6.07) is -0.283. The molecule has 70 valence electrons. The maximum atomic E-state index is 10.6. The molecule has 3 heteroatoms. The average Bonchev–Trinajstić information content (AvgIpc) is 2.02. The van der Waals surface area contributed by atoms with Crippen molar-refractivity contribution in [1.29, 1.82) is 0 Å². The predicted molar refractivity (Wildman–Crippen MR) is 49.0 cm³/mol. The summed E-state index contributed by atoms with van der Waals surface area (Å²) >= 11 is 0. The molecule has 0 saturated carbocycles. The molecule has 0 radical (unpaired) electrons. The van der Waals surface area contributed by atoms with E-state index in [0.29, 0.717) is 6.42 Å². The second-order valence-corrected chi connectivity index (χ2v) is 3.16. The van der Waals surface area contributed by atoms with Crippen LogP contribution >= 0.6 is 0 Å². The van der Waals surface area contributed by atoms with Crippen LogP contribution in [0.5, 0.6) is 0 Å². The Balaban J connectivity index is 3.53. The molecule has 0 aromatic carbocycles. The number of unbranched alkanes of at least 4 members (excludes halogenated alkanes) is 2. The lowest BCUT2D eigenvalue weighted by atomic mass is 10.0. The standard InChI is InChI=1S/C9H17NO2/c1-3-4-5-6-9(10-12)7-8(2)11/h9H,3-7H2,1-2H3. The quantitative estimate of drug-likeness (QED) is 0.436. The monoisotopic (exact) mass is 171 g/mol. The van der Waals surface area contributed by atoms with Crippen LogP contribution in [0.2, 0.25) is 0 Å². The number of Topliss-reactive ketones (excluding diaryl/α,β-unsaturated/α-hetero) is 1. The molecule has 0 amide bonds. The van der Waals surface area contributed by atoms with Gasteiger partial charge in [0.05, 0.1) is 6.04 Å². The molecule has 0 fully saturated rings. The van der Waals surface area contributed by atoms with E-state index in [-0.39, 0.29) is 11.8 Å². The third-order valence-electron chi connectivity index (χ3n) is 1.81. The molecule has 0 N–H and O–H groups in total. The van der Waals surface area contributed by atoms with Crippen LogP contribution in [0.25, 0.3) is 0 Å². The molecule has 0 bridgehead atoms. The van der Waals surface area contributed by atoms with Crippen molar-refractivity contribution in [3.05, 3.63) is 4.91 Å². The molecule has 0 rings (SSSR count). The molecule has 0 saturated heterocycles. The van der Waals surface area contributed by atoms with Crippen LogP contribution in [0, 0.1) is 4.91 Å². The van der Waals surface area contributed by atoms with Gasteiger partial charge in [0.15, 0.2) is 0 Å². The zero-order valence-electron chi connectivity index (χ0n) is 7.88. The van der Waals surface area contributed by atoms with Crippen LogP contribution in [0.3, 0.4) is 0 Å². The summed E-state index contributed by atoms with van der Waals surface area (Å²) in [5.41, 5.74) is 0. The van der Waals surface area contributed by atoms with Gasteiger partial charge in [-0.1, -0.05) is 31.4 Å². The van der Waals surface area contributed by atoms with Gasteiger partial charge in [-0.25, -0.2) is 0 Å². The molecule has 1 unspecified atom stereocenters. The highest BCUT2D eigenvalue weighted by Crippen LogP contribution is 2.09. The third kappa shape index (κ3) is 6.01. The van der Waals surface area contributed by atoms with E-state index in [0.717, 1.165) is 25.7 Å². The highest BCUT2D eigenvalue weighted by Gasteiger charge is 2.10. The van der Waals surface area contributed by atoms with Crippen molar-refractivity contribution in [3.8, 4) is 0 Å². The second kappa shape index (κ2) is 6.95. The van der Waals surface area contributed by atoms with Crippen molar-refractivity contribution in [3.63, 3.8) is 0 Å². The van der Waals surface area contributed by atoms with Gasteiger partial charge in [-0.05, 0) is 13.3 Å². The maximum absolute atomic E-state index is 10.6. The van der Waals surface area contributed by atoms with E-state index in [1.54, 1.807) is 0 Å². The number of carbonyl (C=O) groups excluding carboxylic acids is 1. The fourth-order valence-electron chi connectivity index (χ4n) is 1.15. The van der Waals surface area contributed by atoms with E-state index in [4.69, 9.17) is 0 Å². The number of carbonyl (C=O) groups is 1. The Morgan fingerprint density at radius 1 is 1.42 bits per heavy atom. The van der Waals surface area contributed by atoms with E-state index in [2.05, 4.69) is 12.1 Å². The number of ketones is 1. The topological polar surface area (TPSA) is 46.5 Å². The summed E-state index contributed by atoms with van der Waals surface area (Å²) in [7, 11) is 0. The largest absolute Gasteiger partial charge is 0.300 e. The number of hydrogen-bond donors (Lipinski definition) is 0.